The van der Waals surface area contributed by atoms with Crippen molar-refractivity contribution in [3.63, 3.8) is 0 Å². The molecule has 1 N–H and O–H groups in total. The molecular formula is C23H26OS. The Labute approximate surface area is 152 Å². The quantitative estimate of drug-likeness (QED) is 0.578. The summed E-state index contributed by atoms with van der Waals surface area (Å²) in [6.07, 6.45) is 0. The SMILES string of the molecule is OCCS(Cc1ccccc1)(Cc1ccccc1)Cc1ccccc1. The molecule has 3 rings (SSSR count). The third kappa shape index (κ3) is 5.22. The van der Waals surface area contributed by atoms with Crippen LogP contribution in [0.2, 0.25) is 0 Å². The Balaban J connectivity index is 1.94. The highest BCUT2D eigenvalue weighted by atomic mass is 32.3. The standard InChI is InChI=1S/C23H26OS/c24-16-17-25(18-21-10-4-1-5-11-21,19-22-12-6-2-7-13-22)20-23-14-8-3-9-15-23/h1-15,24H,16-20H2. The maximum Gasteiger partial charge on any atom is 0.0507 e. The van der Waals surface area contributed by atoms with Crippen LogP contribution in [-0.4, -0.2) is 17.5 Å². The van der Waals surface area contributed by atoms with Crippen LogP contribution in [0.25, 0.3) is 0 Å². The number of hydrogen-bond donors (Lipinski definition) is 1. The Bertz CT molecular complexity index is 639. The molecule has 130 valence electrons. The molecule has 0 heterocycles. The van der Waals surface area contributed by atoms with Crippen LogP contribution in [0.3, 0.4) is 0 Å². The lowest BCUT2D eigenvalue weighted by molar-refractivity contribution is 0.321. The number of rotatable bonds is 8. The molecule has 0 unspecified atom stereocenters. The third-order valence-electron chi connectivity index (χ3n) is 4.47. The molecule has 0 aliphatic rings. The van der Waals surface area contributed by atoms with Crippen molar-refractivity contribution in [2.24, 2.45) is 0 Å². The van der Waals surface area contributed by atoms with Crippen LogP contribution in [-0.2, 0) is 17.3 Å². The normalized spacial score (nSPS) is 12.0. The van der Waals surface area contributed by atoms with Crippen LogP contribution in [0.4, 0.5) is 0 Å². The summed E-state index contributed by atoms with van der Waals surface area (Å²) < 4.78 is 0. The summed E-state index contributed by atoms with van der Waals surface area (Å²) in [5.41, 5.74) is 4.12. The van der Waals surface area contributed by atoms with Crippen molar-refractivity contribution in [1.82, 2.24) is 0 Å². The molecule has 0 aliphatic carbocycles. The van der Waals surface area contributed by atoms with Gasteiger partial charge in [-0.3, -0.25) is 0 Å². The lowest BCUT2D eigenvalue weighted by Crippen LogP contribution is -2.16. The molecule has 3 aromatic carbocycles. The zero-order valence-electron chi connectivity index (χ0n) is 14.6. The van der Waals surface area contributed by atoms with Gasteiger partial charge >= 0.3 is 0 Å². The van der Waals surface area contributed by atoms with E-state index in [0.29, 0.717) is 0 Å². The van der Waals surface area contributed by atoms with Gasteiger partial charge in [0.25, 0.3) is 0 Å². The minimum absolute atomic E-state index is 0.252. The van der Waals surface area contributed by atoms with Crippen molar-refractivity contribution >= 4 is 10.0 Å². The van der Waals surface area contributed by atoms with Crippen molar-refractivity contribution in [3.8, 4) is 0 Å². The lowest BCUT2D eigenvalue weighted by Gasteiger charge is -2.40. The van der Waals surface area contributed by atoms with Gasteiger partial charge in [-0.05, 0) is 16.7 Å². The highest BCUT2D eigenvalue weighted by Gasteiger charge is 2.25. The molecule has 0 fully saturated rings. The summed E-state index contributed by atoms with van der Waals surface area (Å²) in [5, 5.41) is 9.86. The molecule has 2 heteroatoms. The van der Waals surface area contributed by atoms with Gasteiger partial charge in [-0.1, -0.05) is 91.0 Å². The third-order valence-corrected chi connectivity index (χ3v) is 8.36. The first-order chi connectivity index (χ1) is 12.3. The monoisotopic (exact) mass is 350 g/mol. The van der Waals surface area contributed by atoms with Crippen LogP contribution >= 0.6 is 10.0 Å². The summed E-state index contributed by atoms with van der Waals surface area (Å²) >= 11 is 0. The first-order valence-corrected chi connectivity index (χ1v) is 11.1. The highest BCUT2D eigenvalue weighted by Crippen LogP contribution is 2.56. The largest absolute Gasteiger partial charge is 0.396 e. The van der Waals surface area contributed by atoms with Gasteiger partial charge in [0.1, 0.15) is 0 Å². The van der Waals surface area contributed by atoms with E-state index in [1.54, 1.807) is 0 Å². The Morgan fingerprint density at radius 2 is 0.840 bits per heavy atom. The van der Waals surface area contributed by atoms with Gasteiger partial charge in [-0.15, -0.1) is 0 Å². The van der Waals surface area contributed by atoms with Crippen LogP contribution in [0.5, 0.6) is 0 Å². The molecule has 0 spiro atoms. The van der Waals surface area contributed by atoms with Gasteiger partial charge in [-0.2, -0.15) is 0 Å². The van der Waals surface area contributed by atoms with Crippen LogP contribution in [0, 0.1) is 0 Å². The van der Waals surface area contributed by atoms with E-state index < -0.39 is 10.0 Å². The summed E-state index contributed by atoms with van der Waals surface area (Å²) in [6, 6.07) is 32.2. The van der Waals surface area contributed by atoms with Crippen molar-refractivity contribution in [3.05, 3.63) is 108 Å². The molecular weight excluding hydrogens is 324 g/mol. The fourth-order valence-corrected chi connectivity index (χ4v) is 7.17. The Morgan fingerprint density at radius 3 is 1.12 bits per heavy atom. The van der Waals surface area contributed by atoms with Gasteiger partial charge in [0.2, 0.25) is 0 Å². The second-order valence-corrected chi connectivity index (χ2v) is 10.3. The Hall–Kier alpha value is -2.03. The molecule has 0 saturated carbocycles. The van der Waals surface area contributed by atoms with E-state index in [0.717, 1.165) is 23.0 Å². The molecule has 3 aromatic rings. The molecule has 1 nitrogen and oxygen atoms in total. The Kier molecular flexibility index (Phi) is 6.32. The van der Waals surface area contributed by atoms with Crippen molar-refractivity contribution in [2.75, 3.05) is 12.4 Å². The zero-order valence-corrected chi connectivity index (χ0v) is 15.4. The van der Waals surface area contributed by atoms with E-state index in [2.05, 4.69) is 91.0 Å². The summed E-state index contributed by atoms with van der Waals surface area (Å²) in [5.74, 6) is 4.04. The Morgan fingerprint density at radius 1 is 0.520 bits per heavy atom. The first kappa shape index (κ1) is 17.8. The van der Waals surface area contributed by atoms with E-state index in [9.17, 15) is 5.11 Å². The van der Waals surface area contributed by atoms with E-state index >= 15 is 0 Å². The molecule has 25 heavy (non-hydrogen) atoms. The number of aliphatic hydroxyl groups excluding tert-OH is 1. The molecule has 0 bridgehead atoms. The van der Waals surface area contributed by atoms with Crippen molar-refractivity contribution in [2.45, 2.75) is 17.3 Å². The fraction of sp³-hybridized carbons (Fsp3) is 0.217. The molecule has 0 saturated heterocycles. The average molecular weight is 351 g/mol. The predicted molar refractivity (Wildman–Crippen MR) is 110 cm³/mol. The second-order valence-electron chi connectivity index (χ2n) is 6.54. The smallest absolute Gasteiger partial charge is 0.0507 e. The summed E-state index contributed by atoms with van der Waals surface area (Å²) in [4.78, 5) is 0. The van der Waals surface area contributed by atoms with Gasteiger partial charge in [0, 0.05) is 23.0 Å². The average Bonchev–Trinajstić information content (AvgIpc) is 2.64. The number of aliphatic hydroxyl groups is 1. The van der Waals surface area contributed by atoms with Gasteiger partial charge in [0.15, 0.2) is 0 Å². The lowest BCUT2D eigenvalue weighted by atomic mass is 10.2. The second kappa shape index (κ2) is 8.89. The van der Waals surface area contributed by atoms with E-state index in [1.807, 2.05) is 0 Å². The minimum Gasteiger partial charge on any atom is -0.396 e. The minimum atomic E-state index is -1.06. The topological polar surface area (TPSA) is 20.2 Å². The first-order valence-electron chi connectivity index (χ1n) is 8.76. The fourth-order valence-electron chi connectivity index (χ4n) is 3.35. The van der Waals surface area contributed by atoms with E-state index in [-0.39, 0.29) is 6.61 Å². The molecule has 0 aliphatic heterocycles. The zero-order chi connectivity index (χ0) is 17.4. The van der Waals surface area contributed by atoms with Crippen LogP contribution in [0.1, 0.15) is 16.7 Å². The van der Waals surface area contributed by atoms with Gasteiger partial charge in [-0.25, -0.2) is 10.0 Å². The molecule has 0 atom stereocenters. The maximum absolute atomic E-state index is 9.86. The maximum atomic E-state index is 9.86. The summed E-state index contributed by atoms with van der Waals surface area (Å²) in [6.45, 7) is 0.252. The highest BCUT2D eigenvalue weighted by molar-refractivity contribution is 8.31. The number of benzene rings is 3. The molecule has 0 radical (unpaired) electrons. The van der Waals surface area contributed by atoms with Crippen molar-refractivity contribution < 1.29 is 5.11 Å². The van der Waals surface area contributed by atoms with Crippen LogP contribution in [0.15, 0.2) is 91.0 Å². The summed E-state index contributed by atoms with van der Waals surface area (Å²) in [7, 11) is -1.06. The van der Waals surface area contributed by atoms with Gasteiger partial charge < -0.3 is 5.11 Å². The van der Waals surface area contributed by atoms with Crippen molar-refractivity contribution in [1.29, 1.82) is 0 Å². The van der Waals surface area contributed by atoms with Crippen LogP contribution < -0.4 is 0 Å². The molecule has 0 aromatic heterocycles. The van der Waals surface area contributed by atoms with Gasteiger partial charge in [0.05, 0.1) is 6.61 Å². The number of hydrogen-bond acceptors (Lipinski definition) is 1. The predicted octanol–water partition coefficient (Wildman–Crippen LogP) is 5.38. The van der Waals surface area contributed by atoms with E-state index in [1.165, 1.54) is 16.7 Å². The van der Waals surface area contributed by atoms with E-state index in [4.69, 9.17) is 0 Å². The molecule has 0 amide bonds.